The lowest BCUT2D eigenvalue weighted by molar-refractivity contribution is 0.0213. The molecule has 2 N–H and O–H groups in total. The average Bonchev–Trinajstić information content (AvgIpc) is 2.52. The second-order valence-corrected chi connectivity index (χ2v) is 7.00. The largest absolute Gasteiger partial charge is 0.329 e. The monoisotopic (exact) mass is 240 g/mol. The molecule has 1 atom stereocenters. The third kappa shape index (κ3) is 3.45. The third-order valence-corrected chi connectivity index (χ3v) is 5.00. The number of hydrogen-bond acceptors (Lipinski definition) is 2. The molecule has 1 aliphatic rings. The number of nitrogens with two attached hydrogens (primary N) is 1. The predicted octanol–water partition coefficient (Wildman–Crippen LogP) is 3.40. The highest BCUT2D eigenvalue weighted by atomic mass is 15.2. The van der Waals surface area contributed by atoms with Crippen LogP contribution in [0, 0.1) is 5.41 Å². The molecule has 0 radical (unpaired) electrons. The van der Waals surface area contributed by atoms with Gasteiger partial charge in [0.1, 0.15) is 0 Å². The molecule has 0 aliphatic heterocycles. The Morgan fingerprint density at radius 2 is 1.59 bits per heavy atom. The van der Waals surface area contributed by atoms with Crippen molar-refractivity contribution in [2.45, 2.75) is 77.8 Å². The van der Waals surface area contributed by atoms with Crippen molar-refractivity contribution in [3.63, 3.8) is 0 Å². The smallest absolute Gasteiger partial charge is 0.0331 e. The molecule has 0 heterocycles. The van der Waals surface area contributed by atoms with Crippen LogP contribution >= 0.6 is 0 Å². The number of hydrogen-bond donors (Lipinski definition) is 1. The second kappa shape index (κ2) is 5.71. The minimum Gasteiger partial charge on any atom is -0.329 e. The molecule has 1 unspecified atom stereocenters. The summed E-state index contributed by atoms with van der Waals surface area (Å²) in [5, 5.41) is 0. The van der Waals surface area contributed by atoms with Gasteiger partial charge >= 0.3 is 0 Å². The van der Waals surface area contributed by atoms with E-state index in [1.807, 2.05) is 0 Å². The highest BCUT2D eigenvalue weighted by Gasteiger charge is 2.39. The second-order valence-electron chi connectivity index (χ2n) is 7.00. The molecule has 102 valence electrons. The van der Waals surface area contributed by atoms with E-state index in [4.69, 9.17) is 5.73 Å². The van der Waals surface area contributed by atoms with Crippen LogP contribution in [-0.4, -0.2) is 30.1 Å². The molecule has 2 heteroatoms. The van der Waals surface area contributed by atoms with E-state index >= 15 is 0 Å². The molecule has 0 amide bonds. The highest BCUT2D eigenvalue weighted by molar-refractivity contribution is 4.96. The maximum absolute atomic E-state index is 6.15. The molecule has 0 bridgehead atoms. The van der Waals surface area contributed by atoms with Crippen LogP contribution in [0.2, 0.25) is 0 Å². The van der Waals surface area contributed by atoms with E-state index in [9.17, 15) is 0 Å². The first-order valence-corrected chi connectivity index (χ1v) is 7.26. The maximum Gasteiger partial charge on any atom is 0.0331 e. The van der Waals surface area contributed by atoms with Crippen LogP contribution in [0.1, 0.15) is 66.2 Å². The molecule has 2 nitrogen and oxygen atoms in total. The van der Waals surface area contributed by atoms with Crippen molar-refractivity contribution in [3.8, 4) is 0 Å². The Kier molecular flexibility index (Phi) is 5.03. The predicted molar refractivity (Wildman–Crippen MR) is 76.2 cm³/mol. The van der Waals surface area contributed by atoms with Crippen LogP contribution in [0.5, 0.6) is 0 Å². The lowest BCUT2D eigenvalue weighted by Crippen LogP contribution is -2.57. The van der Waals surface area contributed by atoms with E-state index in [0.717, 1.165) is 6.54 Å². The Bertz CT molecular complexity index is 222. The van der Waals surface area contributed by atoms with E-state index in [-0.39, 0.29) is 5.54 Å². The van der Waals surface area contributed by atoms with Gasteiger partial charge in [-0.1, -0.05) is 46.5 Å². The third-order valence-electron chi connectivity index (χ3n) is 5.00. The summed E-state index contributed by atoms with van der Waals surface area (Å²) in [7, 11) is 2.29. The van der Waals surface area contributed by atoms with Crippen molar-refractivity contribution in [1.29, 1.82) is 0 Å². The maximum atomic E-state index is 6.15. The van der Waals surface area contributed by atoms with E-state index < -0.39 is 0 Å². The van der Waals surface area contributed by atoms with Gasteiger partial charge in [-0.2, -0.15) is 0 Å². The van der Waals surface area contributed by atoms with Crippen LogP contribution in [-0.2, 0) is 0 Å². The molecule has 1 aliphatic carbocycles. The van der Waals surface area contributed by atoms with E-state index in [0.29, 0.717) is 11.5 Å². The molecular weight excluding hydrogens is 208 g/mol. The zero-order valence-electron chi connectivity index (χ0n) is 12.6. The van der Waals surface area contributed by atoms with Crippen molar-refractivity contribution < 1.29 is 0 Å². The van der Waals surface area contributed by atoms with Gasteiger partial charge in [0.2, 0.25) is 0 Å². The highest BCUT2D eigenvalue weighted by Crippen LogP contribution is 2.36. The Balaban J connectivity index is 2.83. The van der Waals surface area contributed by atoms with Crippen LogP contribution < -0.4 is 5.73 Å². The Hall–Kier alpha value is -0.0800. The van der Waals surface area contributed by atoms with Crippen molar-refractivity contribution in [2.24, 2.45) is 11.1 Å². The van der Waals surface area contributed by atoms with E-state index in [1.54, 1.807) is 0 Å². The number of likely N-dealkylation sites (N-methyl/N-ethyl adjacent to an activating group) is 1. The number of rotatable bonds is 3. The topological polar surface area (TPSA) is 29.3 Å². The fourth-order valence-corrected chi connectivity index (χ4v) is 3.08. The van der Waals surface area contributed by atoms with Crippen LogP contribution in [0.15, 0.2) is 0 Å². The first-order valence-electron chi connectivity index (χ1n) is 7.26. The van der Waals surface area contributed by atoms with Gasteiger partial charge in [-0.25, -0.2) is 0 Å². The normalized spacial score (nSPS) is 23.5. The van der Waals surface area contributed by atoms with Gasteiger partial charge in [-0.3, -0.25) is 4.90 Å². The summed E-state index contributed by atoms with van der Waals surface area (Å²) < 4.78 is 0. The van der Waals surface area contributed by atoms with Gasteiger partial charge in [-0.05, 0) is 32.2 Å². The van der Waals surface area contributed by atoms with Crippen LogP contribution in [0.25, 0.3) is 0 Å². The van der Waals surface area contributed by atoms with Gasteiger partial charge in [0.25, 0.3) is 0 Å². The summed E-state index contributed by atoms with van der Waals surface area (Å²) in [5.74, 6) is 0. The molecule has 0 saturated heterocycles. The summed E-state index contributed by atoms with van der Waals surface area (Å²) in [6.07, 6.45) is 8.02. The van der Waals surface area contributed by atoms with Gasteiger partial charge < -0.3 is 5.73 Å². The van der Waals surface area contributed by atoms with E-state index in [1.165, 1.54) is 38.5 Å². The molecular formula is C15H32N2. The first-order chi connectivity index (χ1) is 7.83. The van der Waals surface area contributed by atoms with Crippen molar-refractivity contribution in [3.05, 3.63) is 0 Å². The van der Waals surface area contributed by atoms with Crippen molar-refractivity contribution >= 4 is 0 Å². The first kappa shape index (κ1) is 15.0. The molecule has 1 saturated carbocycles. The summed E-state index contributed by atoms with van der Waals surface area (Å²) in [6.45, 7) is 10.1. The quantitative estimate of drug-likeness (QED) is 0.766. The Morgan fingerprint density at radius 1 is 1.12 bits per heavy atom. The summed E-state index contributed by atoms with van der Waals surface area (Å²) in [5.41, 5.74) is 6.72. The zero-order valence-corrected chi connectivity index (χ0v) is 12.6. The van der Waals surface area contributed by atoms with Crippen molar-refractivity contribution in [1.82, 2.24) is 4.90 Å². The van der Waals surface area contributed by atoms with Crippen LogP contribution in [0.4, 0.5) is 0 Å². The van der Waals surface area contributed by atoms with E-state index in [2.05, 4.69) is 39.6 Å². The summed E-state index contributed by atoms with van der Waals surface area (Å²) >= 11 is 0. The molecule has 0 aromatic carbocycles. The average molecular weight is 240 g/mol. The fraction of sp³-hybridized carbons (Fsp3) is 1.00. The minimum atomic E-state index is 0.253. The minimum absolute atomic E-state index is 0.253. The van der Waals surface area contributed by atoms with Gasteiger partial charge in [0.05, 0.1) is 0 Å². The van der Waals surface area contributed by atoms with Gasteiger partial charge in [0, 0.05) is 18.1 Å². The molecule has 1 fully saturated rings. The molecule has 0 aromatic rings. The zero-order chi connectivity index (χ0) is 13.1. The number of nitrogens with zero attached hydrogens (tertiary/aromatic N) is 1. The summed E-state index contributed by atoms with van der Waals surface area (Å²) in [4.78, 5) is 2.58. The molecule has 17 heavy (non-hydrogen) atoms. The Labute approximate surface area is 108 Å². The summed E-state index contributed by atoms with van der Waals surface area (Å²) in [6, 6.07) is 0.573. The SMILES string of the molecule is CC(N(C)C1(CN)CCCCCC1)C(C)(C)C. The van der Waals surface area contributed by atoms with Gasteiger partial charge in [-0.15, -0.1) is 0 Å². The molecule has 0 spiro atoms. The fourth-order valence-electron chi connectivity index (χ4n) is 3.08. The van der Waals surface area contributed by atoms with Crippen molar-refractivity contribution in [2.75, 3.05) is 13.6 Å². The standard InChI is InChI=1S/C15H32N2/c1-13(14(2,3)4)17(5)15(12-16)10-8-6-7-9-11-15/h13H,6-12,16H2,1-5H3. The van der Waals surface area contributed by atoms with Crippen LogP contribution in [0.3, 0.4) is 0 Å². The molecule has 1 rings (SSSR count). The lowest BCUT2D eigenvalue weighted by Gasteiger charge is -2.48. The van der Waals surface area contributed by atoms with Gasteiger partial charge in [0.15, 0.2) is 0 Å². The lowest BCUT2D eigenvalue weighted by atomic mass is 9.81. The Morgan fingerprint density at radius 3 is 1.94 bits per heavy atom. The molecule has 0 aromatic heterocycles.